The van der Waals surface area contributed by atoms with Gasteiger partial charge in [0.1, 0.15) is 5.75 Å². The molecule has 14 heavy (non-hydrogen) atoms. The number of Topliss-reactive ketones (excluding diaryl/α,β-unsaturated/α-hetero) is 1. The summed E-state index contributed by atoms with van der Waals surface area (Å²) in [5.74, 6) is 0.894. The second kappa shape index (κ2) is 4.80. The highest BCUT2D eigenvalue weighted by molar-refractivity contribution is 5.94. The van der Waals surface area contributed by atoms with Crippen molar-refractivity contribution >= 4 is 5.78 Å². The maximum atomic E-state index is 11.1. The minimum atomic E-state index is 0.0753. The fourth-order valence-electron chi connectivity index (χ4n) is 1.19. The molecule has 1 aromatic rings. The summed E-state index contributed by atoms with van der Waals surface area (Å²) in [7, 11) is 0. The van der Waals surface area contributed by atoms with E-state index in [1.54, 1.807) is 6.92 Å². The van der Waals surface area contributed by atoms with Crippen LogP contribution in [-0.2, 0) is 0 Å². The number of rotatable bonds is 4. The minimum absolute atomic E-state index is 0.0753. The molecule has 0 atom stereocenters. The van der Waals surface area contributed by atoms with Crippen molar-refractivity contribution in [2.75, 3.05) is 6.61 Å². The fourth-order valence-corrected chi connectivity index (χ4v) is 1.19. The highest BCUT2D eigenvalue weighted by atomic mass is 16.5. The van der Waals surface area contributed by atoms with Gasteiger partial charge in [-0.1, -0.05) is 19.1 Å². The van der Waals surface area contributed by atoms with Crippen molar-refractivity contribution in [2.45, 2.75) is 27.2 Å². The van der Waals surface area contributed by atoms with Gasteiger partial charge in [-0.15, -0.1) is 0 Å². The lowest BCUT2D eigenvalue weighted by atomic mass is 10.1. The van der Waals surface area contributed by atoms with Gasteiger partial charge in [0.05, 0.1) is 6.61 Å². The van der Waals surface area contributed by atoms with Crippen LogP contribution in [0.5, 0.6) is 5.75 Å². The Labute approximate surface area is 84.9 Å². The van der Waals surface area contributed by atoms with Gasteiger partial charge in [-0.2, -0.15) is 0 Å². The highest BCUT2D eigenvalue weighted by Gasteiger charge is 2.04. The van der Waals surface area contributed by atoms with Gasteiger partial charge in [0, 0.05) is 5.56 Å². The Morgan fingerprint density at radius 1 is 1.43 bits per heavy atom. The van der Waals surface area contributed by atoms with Crippen LogP contribution in [0.2, 0.25) is 0 Å². The van der Waals surface area contributed by atoms with Crippen molar-refractivity contribution in [2.24, 2.45) is 0 Å². The van der Waals surface area contributed by atoms with Crippen LogP contribution in [0.4, 0.5) is 0 Å². The number of ketones is 1. The first-order valence-electron chi connectivity index (χ1n) is 4.89. The van der Waals surface area contributed by atoms with Crippen LogP contribution in [0, 0.1) is 6.92 Å². The van der Waals surface area contributed by atoms with E-state index in [4.69, 9.17) is 4.74 Å². The lowest BCUT2D eigenvalue weighted by Gasteiger charge is -2.08. The first kappa shape index (κ1) is 10.8. The molecule has 2 nitrogen and oxygen atoms in total. The molecule has 0 radical (unpaired) electrons. The summed E-state index contributed by atoms with van der Waals surface area (Å²) in [5, 5.41) is 0. The van der Waals surface area contributed by atoms with Crippen LogP contribution in [0.25, 0.3) is 0 Å². The molecule has 0 saturated heterocycles. The number of aryl methyl sites for hydroxylation is 1. The summed E-state index contributed by atoms with van der Waals surface area (Å²) >= 11 is 0. The van der Waals surface area contributed by atoms with Gasteiger partial charge in [-0.25, -0.2) is 0 Å². The average Bonchev–Trinajstić information content (AvgIpc) is 2.16. The van der Waals surface area contributed by atoms with Crippen molar-refractivity contribution in [3.63, 3.8) is 0 Å². The Balaban J connectivity index is 2.90. The minimum Gasteiger partial charge on any atom is -0.493 e. The molecule has 0 aliphatic rings. The molecular formula is C12H16O2. The number of carbonyl (C=O) groups excluding carboxylic acids is 1. The molecule has 0 spiro atoms. The van der Waals surface area contributed by atoms with Crippen molar-refractivity contribution in [1.29, 1.82) is 0 Å². The molecule has 0 bridgehead atoms. The van der Waals surface area contributed by atoms with Gasteiger partial charge in [0.2, 0.25) is 0 Å². The van der Waals surface area contributed by atoms with E-state index in [0.29, 0.717) is 12.2 Å². The molecule has 2 heteroatoms. The molecule has 1 aromatic carbocycles. The topological polar surface area (TPSA) is 26.3 Å². The Morgan fingerprint density at radius 2 is 2.14 bits per heavy atom. The Bertz CT molecular complexity index is 329. The second-order valence-electron chi connectivity index (χ2n) is 3.38. The standard InChI is InChI=1S/C12H16O2/c1-4-7-14-12-8-11(10(3)13)6-5-9(12)2/h5-6,8H,4,7H2,1-3H3. The maximum absolute atomic E-state index is 11.1. The number of hydrogen-bond donors (Lipinski definition) is 0. The Morgan fingerprint density at radius 3 is 2.71 bits per heavy atom. The zero-order valence-corrected chi connectivity index (χ0v) is 8.96. The summed E-state index contributed by atoms with van der Waals surface area (Å²) in [5.41, 5.74) is 1.78. The largest absolute Gasteiger partial charge is 0.493 e. The molecule has 76 valence electrons. The smallest absolute Gasteiger partial charge is 0.159 e. The molecule has 0 unspecified atom stereocenters. The van der Waals surface area contributed by atoms with E-state index in [-0.39, 0.29) is 5.78 Å². The molecule has 0 heterocycles. The van der Waals surface area contributed by atoms with Gasteiger partial charge in [0.15, 0.2) is 5.78 Å². The van der Waals surface area contributed by atoms with E-state index in [9.17, 15) is 4.79 Å². The van der Waals surface area contributed by atoms with E-state index in [0.717, 1.165) is 17.7 Å². The Kier molecular flexibility index (Phi) is 3.69. The third-order valence-electron chi connectivity index (χ3n) is 2.06. The maximum Gasteiger partial charge on any atom is 0.159 e. The van der Waals surface area contributed by atoms with Crippen LogP contribution in [0.15, 0.2) is 18.2 Å². The van der Waals surface area contributed by atoms with Crippen molar-refractivity contribution in [1.82, 2.24) is 0 Å². The van der Waals surface area contributed by atoms with Crippen molar-refractivity contribution in [3.05, 3.63) is 29.3 Å². The van der Waals surface area contributed by atoms with Crippen molar-refractivity contribution in [3.8, 4) is 5.75 Å². The van der Waals surface area contributed by atoms with Crippen LogP contribution in [0.3, 0.4) is 0 Å². The van der Waals surface area contributed by atoms with E-state index in [1.165, 1.54) is 0 Å². The third-order valence-corrected chi connectivity index (χ3v) is 2.06. The van der Waals surface area contributed by atoms with E-state index < -0.39 is 0 Å². The van der Waals surface area contributed by atoms with Crippen LogP contribution >= 0.6 is 0 Å². The van der Waals surface area contributed by atoms with E-state index in [2.05, 4.69) is 6.92 Å². The van der Waals surface area contributed by atoms with Gasteiger partial charge in [-0.05, 0) is 31.9 Å². The van der Waals surface area contributed by atoms with Gasteiger partial charge < -0.3 is 4.74 Å². The highest BCUT2D eigenvalue weighted by Crippen LogP contribution is 2.19. The van der Waals surface area contributed by atoms with Crippen LogP contribution < -0.4 is 4.74 Å². The Hall–Kier alpha value is -1.31. The number of benzene rings is 1. The van der Waals surface area contributed by atoms with Gasteiger partial charge >= 0.3 is 0 Å². The summed E-state index contributed by atoms with van der Waals surface area (Å²) in [6.07, 6.45) is 0.976. The first-order valence-corrected chi connectivity index (χ1v) is 4.89. The molecule has 0 saturated carbocycles. The van der Waals surface area contributed by atoms with E-state index >= 15 is 0 Å². The first-order chi connectivity index (χ1) is 6.65. The second-order valence-corrected chi connectivity index (χ2v) is 3.38. The fraction of sp³-hybridized carbons (Fsp3) is 0.417. The third kappa shape index (κ3) is 2.59. The lowest BCUT2D eigenvalue weighted by Crippen LogP contribution is -1.99. The van der Waals surface area contributed by atoms with Crippen LogP contribution in [-0.4, -0.2) is 12.4 Å². The monoisotopic (exact) mass is 192 g/mol. The quantitative estimate of drug-likeness (QED) is 0.685. The number of carbonyl (C=O) groups is 1. The normalized spacial score (nSPS) is 9.93. The molecule has 0 aromatic heterocycles. The zero-order valence-electron chi connectivity index (χ0n) is 8.96. The average molecular weight is 192 g/mol. The molecule has 0 N–H and O–H groups in total. The van der Waals surface area contributed by atoms with Crippen LogP contribution in [0.1, 0.15) is 36.2 Å². The molecule has 0 aliphatic heterocycles. The van der Waals surface area contributed by atoms with Gasteiger partial charge in [0.25, 0.3) is 0 Å². The SMILES string of the molecule is CCCOc1cc(C(C)=O)ccc1C. The lowest BCUT2D eigenvalue weighted by molar-refractivity contribution is 0.101. The summed E-state index contributed by atoms with van der Waals surface area (Å²) in [6.45, 7) is 6.30. The zero-order chi connectivity index (χ0) is 10.6. The molecule has 0 aliphatic carbocycles. The van der Waals surface area contributed by atoms with E-state index in [1.807, 2.05) is 25.1 Å². The van der Waals surface area contributed by atoms with Crippen molar-refractivity contribution < 1.29 is 9.53 Å². The summed E-state index contributed by atoms with van der Waals surface area (Å²) in [6, 6.07) is 5.56. The number of hydrogen-bond acceptors (Lipinski definition) is 2. The molecule has 1 rings (SSSR count). The van der Waals surface area contributed by atoms with Gasteiger partial charge in [-0.3, -0.25) is 4.79 Å². The summed E-state index contributed by atoms with van der Waals surface area (Å²) < 4.78 is 5.52. The molecule has 0 fully saturated rings. The predicted molar refractivity (Wildman–Crippen MR) is 57.0 cm³/mol. The predicted octanol–water partition coefficient (Wildman–Crippen LogP) is 2.99. The summed E-state index contributed by atoms with van der Waals surface area (Å²) in [4.78, 5) is 11.1. The molecular weight excluding hydrogens is 176 g/mol. The molecule has 0 amide bonds. The number of ether oxygens (including phenoxy) is 1.